The van der Waals surface area contributed by atoms with Crippen molar-refractivity contribution in [1.29, 1.82) is 0 Å². The van der Waals surface area contributed by atoms with Gasteiger partial charge in [-0.05, 0) is 54.7 Å². The molecule has 0 aliphatic rings. The summed E-state index contributed by atoms with van der Waals surface area (Å²) in [6, 6.07) is 10.3. The number of carbonyl (C=O) groups excluding carboxylic acids is 1. The second kappa shape index (κ2) is 7.19. The van der Waals surface area contributed by atoms with Gasteiger partial charge in [-0.1, -0.05) is 0 Å². The Balaban J connectivity index is 2.37. The van der Waals surface area contributed by atoms with Gasteiger partial charge in [-0.3, -0.25) is 4.79 Å². The van der Waals surface area contributed by atoms with Crippen molar-refractivity contribution >= 4 is 23.2 Å². The van der Waals surface area contributed by atoms with Crippen LogP contribution in [0.3, 0.4) is 0 Å². The SMILES string of the molecule is COc1ccc(C(=O)c2cc(F)ccc2OC(=S)N(C)C)cc1. The highest BCUT2D eigenvalue weighted by molar-refractivity contribution is 7.80. The molecule has 23 heavy (non-hydrogen) atoms. The van der Waals surface area contributed by atoms with Crippen LogP contribution in [0.4, 0.5) is 4.39 Å². The summed E-state index contributed by atoms with van der Waals surface area (Å²) in [6.45, 7) is 0. The summed E-state index contributed by atoms with van der Waals surface area (Å²) < 4.78 is 24.1. The predicted molar refractivity (Wildman–Crippen MR) is 89.7 cm³/mol. The fraction of sp³-hybridized carbons (Fsp3) is 0.176. The van der Waals surface area contributed by atoms with Crippen molar-refractivity contribution in [3.63, 3.8) is 0 Å². The minimum Gasteiger partial charge on any atom is -0.497 e. The lowest BCUT2D eigenvalue weighted by Crippen LogP contribution is -2.25. The van der Waals surface area contributed by atoms with Crippen molar-refractivity contribution in [2.24, 2.45) is 0 Å². The summed E-state index contributed by atoms with van der Waals surface area (Å²) in [7, 11) is 4.98. The van der Waals surface area contributed by atoms with E-state index in [-0.39, 0.29) is 22.3 Å². The number of nitrogens with zero attached hydrogens (tertiary/aromatic N) is 1. The van der Waals surface area contributed by atoms with Crippen LogP contribution in [0.1, 0.15) is 15.9 Å². The van der Waals surface area contributed by atoms with Gasteiger partial charge in [0.25, 0.3) is 5.17 Å². The number of ketones is 1. The van der Waals surface area contributed by atoms with Gasteiger partial charge < -0.3 is 14.4 Å². The first kappa shape index (κ1) is 16.9. The molecule has 0 bridgehead atoms. The highest BCUT2D eigenvalue weighted by atomic mass is 32.1. The molecule has 120 valence electrons. The van der Waals surface area contributed by atoms with Crippen LogP contribution in [-0.2, 0) is 0 Å². The number of halogens is 1. The largest absolute Gasteiger partial charge is 0.497 e. The number of thiocarbonyl (C=S) groups is 1. The number of rotatable bonds is 4. The Morgan fingerprint density at radius 1 is 1.13 bits per heavy atom. The van der Waals surface area contributed by atoms with E-state index >= 15 is 0 Å². The van der Waals surface area contributed by atoms with Gasteiger partial charge in [0.05, 0.1) is 12.7 Å². The van der Waals surface area contributed by atoms with Gasteiger partial charge >= 0.3 is 0 Å². The van der Waals surface area contributed by atoms with Gasteiger partial charge in [0, 0.05) is 19.7 Å². The third kappa shape index (κ3) is 4.04. The molecule has 0 fully saturated rings. The lowest BCUT2D eigenvalue weighted by Gasteiger charge is -2.16. The third-order valence-corrected chi connectivity index (χ3v) is 3.55. The van der Waals surface area contributed by atoms with Crippen molar-refractivity contribution in [2.45, 2.75) is 0 Å². The summed E-state index contributed by atoms with van der Waals surface area (Å²) in [5, 5.41) is 0.181. The minimum atomic E-state index is -0.523. The van der Waals surface area contributed by atoms with Crippen molar-refractivity contribution in [3.05, 3.63) is 59.4 Å². The molecule has 0 unspecified atom stereocenters. The summed E-state index contributed by atoms with van der Waals surface area (Å²) in [6.07, 6.45) is 0. The predicted octanol–water partition coefficient (Wildman–Crippen LogP) is 3.29. The molecule has 0 amide bonds. The average Bonchev–Trinajstić information content (AvgIpc) is 2.55. The van der Waals surface area contributed by atoms with Crippen molar-refractivity contribution < 1.29 is 18.7 Å². The Hall–Kier alpha value is -2.47. The van der Waals surface area contributed by atoms with Gasteiger partial charge in [0.1, 0.15) is 17.3 Å². The molecule has 0 aliphatic carbocycles. The number of hydrogen-bond donors (Lipinski definition) is 0. The van der Waals surface area contributed by atoms with Gasteiger partial charge in [-0.15, -0.1) is 0 Å². The molecule has 0 saturated heterocycles. The Morgan fingerprint density at radius 2 is 1.78 bits per heavy atom. The zero-order valence-corrected chi connectivity index (χ0v) is 13.8. The molecule has 0 spiro atoms. The highest BCUT2D eigenvalue weighted by Crippen LogP contribution is 2.24. The molecular weight excluding hydrogens is 317 g/mol. The third-order valence-electron chi connectivity index (χ3n) is 3.10. The first-order chi connectivity index (χ1) is 10.9. The van der Waals surface area contributed by atoms with E-state index in [4.69, 9.17) is 21.7 Å². The maximum atomic E-state index is 13.6. The zero-order valence-electron chi connectivity index (χ0n) is 13.0. The highest BCUT2D eigenvalue weighted by Gasteiger charge is 2.17. The number of carbonyl (C=O) groups is 1. The fourth-order valence-electron chi connectivity index (χ4n) is 1.85. The van der Waals surface area contributed by atoms with Gasteiger partial charge in [-0.25, -0.2) is 4.39 Å². The minimum absolute atomic E-state index is 0.111. The van der Waals surface area contributed by atoms with E-state index < -0.39 is 5.82 Å². The van der Waals surface area contributed by atoms with Crippen LogP contribution in [-0.4, -0.2) is 37.1 Å². The molecule has 0 saturated carbocycles. The number of ether oxygens (including phenoxy) is 2. The van der Waals surface area contributed by atoms with Crippen LogP contribution in [0.15, 0.2) is 42.5 Å². The smallest absolute Gasteiger partial charge is 0.264 e. The van der Waals surface area contributed by atoms with Crippen molar-refractivity contribution in [3.8, 4) is 11.5 Å². The summed E-state index contributed by atoms with van der Waals surface area (Å²) in [4.78, 5) is 14.2. The molecule has 2 aromatic rings. The quantitative estimate of drug-likeness (QED) is 0.634. The van der Waals surface area contributed by atoms with E-state index in [1.54, 1.807) is 43.3 Å². The topological polar surface area (TPSA) is 38.8 Å². The molecule has 0 heterocycles. The fourth-order valence-corrected chi connectivity index (χ4v) is 1.94. The summed E-state index contributed by atoms with van der Waals surface area (Å²) in [5.41, 5.74) is 0.511. The molecule has 2 rings (SSSR count). The Labute approximate surface area is 139 Å². The van der Waals surface area contributed by atoms with Crippen LogP contribution < -0.4 is 9.47 Å². The van der Waals surface area contributed by atoms with Crippen molar-refractivity contribution in [2.75, 3.05) is 21.2 Å². The van der Waals surface area contributed by atoms with E-state index in [0.29, 0.717) is 11.3 Å². The van der Waals surface area contributed by atoms with E-state index in [1.807, 2.05) is 0 Å². The Kier molecular flexibility index (Phi) is 5.28. The lowest BCUT2D eigenvalue weighted by molar-refractivity contribution is 0.103. The van der Waals surface area contributed by atoms with Crippen LogP contribution in [0.25, 0.3) is 0 Å². The maximum Gasteiger partial charge on any atom is 0.264 e. The summed E-state index contributed by atoms with van der Waals surface area (Å²) >= 11 is 5.07. The van der Waals surface area contributed by atoms with Gasteiger partial charge in [0.15, 0.2) is 5.78 Å². The van der Waals surface area contributed by atoms with Crippen LogP contribution in [0.2, 0.25) is 0 Å². The Bertz CT molecular complexity index is 729. The first-order valence-electron chi connectivity index (χ1n) is 6.80. The van der Waals surface area contributed by atoms with Gasteiger partial charge in [0.2, 0.25) is 0 Å². The number of hydrogen-bond acceptors (Lipinski definition) is 4. The second-order valence-electron chi connectivity index (χ2n) is 4.96. The monoisotopic (exact) mass is 333 g/mol. The zero-order chi connectivity index (χ0) is 17.0. The number of methoxy groups -OCH3 is 1. The molecule has 2 aromatic carbocycles. The molecular formula is C17H16FNO3S. The van der Waals surface area contributed by atoms with Crippen LogP contribution in [0, 0.1) is 5.82 Å². The van der Waals surface area contributed by atoms with E-state index in [0.717, 1.165) is 6.07 Å². The van der Waals surface area contributed by atoms with Crippen molar-refractivity contribution in [1.82, 2.24) is 4.90 Å². The lowest BCUT2D eigenvalue weighted by atomic mass is 10.0. The molecule has 4 nitrogen and oxygen atoms in total. The normalized spacial score (nSPS) is 10.1. The molecule has 6 heteroatoms. The molecule has 0 N–H and O–H groups in total. The second-order valence-corrected chi connectivity index (χ2v) is 5.31. The molecule has 0 aromatic heterocycles. The van der Waals surface area contributed by atoms with E-state index in [9.17, 15) is 9.18 Å². The first-order valence-corrected chi connectivity index (χ1v) is 7.20. The molecule has 0 radical (unpaired) electrons. The average molecular weight is 333 g/mol. The maximum absolute atomic E-state index is 13.6. The molecule has 0 atom stereocenters. The van der Waals surface area contributed by atoms with E-state index in [1.165, 1.54) is 19.2 Å². The standard InChI is InChI=1S/C17H16FNO3S/c1-19(2)17(23)22-15-9-6-12(18)10-14(15)16(20)11-4-7-13(21-3)8-5-11/h4-10H,1-3H3. The van der Waals surface area contributed by atoms with Crippen LogP contribution >= 0.6 is 12.2 Å². The number of benzene rings is 2. The van der Waals surface area contributed by atoms with Gasteiger partial charge in [-0.2, -0.15) is 0 Å². The summed E-state index contributed by atoms with van der Waals surface area (Å²) in [5.74, 6) is -0.0364. The Morgan fingerprint density at radius 3 is 2.35 bits per heavy atom. The van der Waals surface area contributed by atoms with Crippen LogP contribution in [0.5, 0.6) is 11.5 Å². The molecule has 0 aliphatic heterocycles. The van der Waals surface area contributed by atoms with E-state index in [2.05, 4.69) is 0 Å².